The van der Waals surface area contributed by atoms with Crippen molar-refractivity contribution < 1.29 is 5.11 Å². The van der Waals surface area contributed by atoms with E-state index in [-0.39, 0.29) is 5.41 Å². The van der Waals surface area contributed by atoms with Gasteiger partial charge in [0.2, 0.25) is 0 Å². The van der Waals surface area contributed by atoms with Gasteiger partial charge in [-0.2, -0.15) is 0 Å². The van der Waals surface area contributed by atoms with Crippen molar-refractivity contribution in [2.75, 3.05) is 6.54 Å². The minimum atomic E-state index is -0.580. The molecule has 1 fully saturated rings. The van der Waals surface area contributed by atoms with Gasteiger partial charge in [0.25, 0.3) is 0 Å². The van der Waals surface area contributed by atoms with Gasteiger partial charge < -0.3 is 10.8 Å². The molecule has 1 unspecified atom stereocenters. The molecule has 2 aliphatic rings. The van der Waals surface area contributed by atoms with Crippen LogP contribution in [0.3, 0.4) is 0 Å². The molecule has 0 aliphatic heterocycles. The first-order chi connectivity index (χ1) is 9.02. The summed E-state index contributed by atoms with van der Waals surface area (Å²) in [5, 5.41) is 11.1. The minimum absolute atomic E-state index is 0.199. The highest BCUT2D eigenvalue weighted by atomic mass is 16.3. The van der Waals surface area contributed by atoms with E-state index in [0.29, 0.717) is 18.4 Å². The number of aryl methyl sites for hydroxylation is 1. The molecule has 2 nitrogen and oxygen atoms in total. The van der Waals surface area contributed by atoms with Gasteiger partial charge in [-0.25, -0.2) is 0 Å². The van der Waals surface area contributed by atoms with E-state index in [0.717, 1.165) is 25.7 Å². The molecule has 0 aromatic heterocycles. The number of aliphatic hydroxyl groups is 1. The third-order valence-electron chi connectivity index (χ3n) is 5.74. The highest BCUT2D eigenvalue weighted by Crippen LogP contribution is 2.57. The molecule has 2 aliphatic carbocycles. The molecule has 3 rings (SSSR count). The highest BCUT2D eigenvalue weighted by Gasteiger charge is 2.59. The quantitative estimate of drug-likeness (QED) is 0.876. The summed E-state index contributed by atoms with van der Waals surface area (Å²) >= 11 is 0. The summed E-state index contributed by atoms with van der Waals surface area (Å²) in [7, 11) is 0. The minimum Gasteiger partial charge on any atom is -0.389 e. The molecule has 0 bridgehead atoms. The van der Waals surface area contributed by atoms with Gasteiger partial charge in [0, 0.05) is 12.0 Å². The second-order valence-corrected chi connectivity index (χ2v) is 6.89. The van der Waals surface area contributed by atoms with Crippen LogP contribution in [-0.2, 0) is 11.8 Å². The summed E-state index contributed by atoms with van der Waals surface area (Å²) < 4.78 is 0. The van der Waals surface area contributed by atoms with Gasteiger partial charge >= 0.3 is 0 Å². The Morgan fingerprint density at radius 2 is 2.00 bits per heavy atom. The molecule has 1 atom stereocenters. The van der Waals surface area contributed by atoms with Gasteiger partial charge in [-0.15, -0.1) is 0 Å². The molecule has 0 radical (unpaired) electrons. The molecule has 0 heterocycles. The van der Waals surface area contributed by atoms with Crippen LogP contribution in [-0.4, -0.2) is 17.3 Å². The average molecular weight is 259 g/mol. The van der Waals surface area contributed by atoms with Crippen molar-refractivity contribution in [1.29, 1.82) is 0 Å². The van der Waals surface area contributed by atoms with Crippen LogP contribution in [0.1, 0.15) is 44.2 Å². The number of fused-ring (bicyclic) bond motifs is 1. The Bertz CT molecular complexity index is 476. The fourth-order valence-electron chi connectivity index (χ4n) is 4.24. The van der Waals surface area contributed by atoms with Crippen molar-refractivity contribution in [3.05, 3.63) is 35.4 Å². The lowest BCUT2D eigenvalue weighted by Gasteiger charge is -2.56. The van der Waals surface area contributed by atoms with Crippen molar-refractivity contribution in [1.82, 2.24) is 0 Å². The maximum Gasteiger partial charge on any atom is 0.0761 e. The first kappa shape index (κ1) is 13.1. The summed E-state index contributed by atoms with van der Waals surface area (Å²) in [6.45, 7) is 5.06. The molecule has 0 amide bonds. The van der Waals surface area contributed by atoms with E-state index in [9.17, 15) is 5.11 Å². The molecule has 3 N–H and O–H groups in total. The average Bonchev–Trinajstić information content (AvgIpc) is 2.75. The lowest BCUT2D eigenvalue weighted by atomic mass is 9.53. The second-order valence-electron chi connectivity index (χ2n) is 6.89. The zero-order valence-corrected chi connectivity index (χ0v) is 12.0. The van der Waals surface area contributed by atoms with Crippen molar-refractivity contribution >= 4 is 0 Å². The molecule has 2 heteroatoms. The molecule has 0 saturated heterocycles. The molecule has 104 valence electrons. The van der Waals surface area contributed by atoms with Gasteiger partial charge in [-0.3, -0.25) is 0 Å². The zero-order chi connectivity index (χ0) is 13.7. The van der Waals surface area contributed by atoms with E-state index in [2.05, 4.69) is 38.1 Å². The zero-order valence-electron chi connectivity index (χ0n) is 12.0. The van der Waals surface area contributed by atoms with Crippen LogP contribution in [0.5, 0.6) is 0 Å². The first-order valence-electron chi connectivity index (χ1n) is 7.53. The number of benzene rings is 1. The smallest absolute Gasteiger partial charge is 0.0761 e. The van der Waals surface area contributed by atoms with Gasteiger partial charge in [-0.1, -0.05) is 38.1 Å². The van der Waals surface area contributed by atoms with Crippen LogP contribution in [0.25, 0.3) is 0 Å². The highest BCUT2D eigenvalue weighted by molar-refractivity contribution is 5.43. The number of hydrogen-bond donors (Lipinski definition) is 2. The molecule has 0 spiro atoms. The monoisotopic (exact) mass is 259 g/mol. The van der Waals surface area contributed by atoms with Crippen LogP contribution in [0.4, 0.5) is 0 Å². The van der Waals surface area contributed by atoms with Crippen LogP contribution in [0, 0.1) is 11.8 Å². The van der Waals surface area contributed by atoms with Crippen molar-refractivity contribution in [3.8, 4) is 0 Å². The van der Waals surface area contributed by atoms with Crippen molar-refractivity contribution in [2.45, 2.75) is 50.5 Å². The lowest BCUT2D eigenvalue weighted by Crippen LogP contribution is -2.62. The van der Waals surface area contributed by atoms with Gasteiger partial charge in [0.1, 0.15) is 0 Å². The fourth-order valence-corrected chi connectivity index (χ4v) is 4.24. The maximum atomic E-state index is 11.1. The topological polar surface area (TPSA) is 46.2 Å². The maximum absolute atomic E-state index is 11.1. The van der Waals surface area contributed by atoms with Crippen molar-refractivity contribution in [2.24, 2.45) is 17.6 Å². The molecular weight excluding hydrogens is 234 g/mol. The Kier molecular flexibility index (Phi) is 2.99. The van der Waals surface area contributed by atoms with Crippen LogP contribution in [0.2, 0.25) is 0 Å². The van der Waals surface area contributed by atoms with E-state index in [1.807, 2.05) is 0 Å². The standard InChI is InChI=1S/C17H25NO/c1-12(2)14-9-17(19,10-14)16(11-18)8-7-13-5-3-4-6-15(13)16/h3-6,12,14,19H,7-11,18H2,1-2H3. The predicted octanol–water partition coefficient (Wildman–Crippen LogP) is 2.63. The van der Waals surface area contributed by atoms with Gasteiger partial charge in [0.15, 0.2) is 0 Å². The third kappa shape index (κ3) is 1.70. The summed E-state index contributed by atoms with van der Waals surface area (Å²) in [6, 6.07) is 8.54. The van der Waals surface area contributed by atoms with Crippen LogP contribution in [0.15, 0.2) is 24.3 Å². The van der Waals surface area contributed by atoms with Gasteiger partial charge in [-0.05, 0) is 48.6 Å². The molecule has 1 aromatic carbocycles. The Balaban J connectivity index is 1.95. The first-order valence-corrected chi connectivity index (χ1v) is 7.53. The Morgan fingerprint density at radius 3 is 2.63 bits per heavy atom. The van der Waals surface area contributed by atoms with Crippen molar-refractivity contribution in [3.63, 3.8) is 0 Å². The fraction of sp³-hybridized carbons (Fsp3) is 0.647. The molecule has 19 heavy (non-hydrogen) atoms. The Hall–Kier alpha value is -0.860. The molecule has 1 aromatic rings. The number of nitrogens with two attached hydrogens (primary N) is 1. The normalized spacial score (nSPS) is 37.2. The number of hydrogen-bond acceptors (Lipinski definition) is 2. The third-order valence-corrected chi connectivity index (χ3v) is 5.74. The Labute approximate surface area is 116 Å². The lowest BCUT2D eigenvalue weighted by molar-refractivity contribution is -0.141. The van der Waals surface area contributed by atoms with Crippen LogP contribution < -0.4 is 5.73 Å². The second kappa shape index (κ2) is 4.32. The van der Waals surface area contributed by atoms with E-state index in [1.165, 1.54) is 11.1 Å². The largest absolute Gasteiger partial charge is 0.389 e. The van der Waals surface area contributed by atoms with E-state index in [4.69, 9.17) is 5.73 Å². The number of rotatable bonds is 3. The summed E-state index contributed by atoms with van der Waals surface area (Å²) in [6.07, 6.45) is 3.89. The van der Waals surface area contributed by atoms with E-state index >= 15 is 0 Å². The summed E-state index contributed by atoms with van der Waals surface area (Å²) in [4.78, 5) is 0. The summed E-state index contributed by atoms with van der Waals surface area (Å²) in [5.74, 6) is 1.31. The van der Waals surface area contributed by atoms with Gasteiger partial charge in [0.05, 0.1) is 5.60 Å². The molecule has 1 saturated carbocycles. The predicted molar refractivity (Wildman–Crippen MR) is 78.0 cm³/mol. The van der Waals surface area contributed by atoms with E-state index in [1.54, 1.807) is 0 Å². The van der Waals surface area contributed by atoms with Crippen LogP contribution >= 0.6 is 0 Å². The SMILES string of the molecule is CC(C)C1CC(O)(C2(CN)CCc3ccccc32)C1. The summed E-state index contributed by atoms with van der Waals surface area (Å²) in [5.41, 5.74) is 8.05. The van der Waals surface area contributed by atoms with E-state index < -0.39 is 5.60 Å². The Morgan fingerprint density at radius 1 is 1.32 bits per heavy atom. The molecular formula is C17H25NO.